The van der Waals surface area contributed by atoms with Gasteiger partial charge < -0.3 is 15.3 Å². The van der Waals surface area contributed by atoms with Crippen LogP contribution in [0.4, 0.5) is 4.79 Å². The van der Waals surface area contributed by atoms with E-state index in [1.54, 1.807) is 0 Å². The van der Waals surface area contributed by atoms with Crippen molar-refractivity contribution < 1.29 is 14.7 Å². The number of urea groups is 1. The maximum atomic E-state index is 12.0. The van der Waals surface area contributed by atoms with Crippen molar-refractivity contribution in [3.05, 3.63) is 0 Å². The van der Waals surface area contributed by atoms with Gasteiger partial charge in [-0.25, -0.2) is 4.79 Å². The van der Waals surface area contributed by atoms with Crippen LogP contribution in [0.2, 0.25) is 0 Å². The van der Waals surface area contributed by atoms with Crippen LogP contribution in [0, 0.1) is 12.3 Å². The predicted octanol–water partition coefficient (Wildman–Crippen LogP) is 1.68. The fourth-order valence-corrected chi connectivity index (χ4v) is 1.47. The molecule has 2 N–H and O–H groups in total. The first-order valence-corrected chi connectivity index (χ1v) is 5.92. The molecular formula is C13H22N2O3. The zero-order valence-corrected chi connectivity index (χ0v) is 11.5. The van der Waals surface area contributed by atoms with Crippen LogP contribution in [-0.4, -0.2) is 40.1 Å². The summed E-state index contributed by atoms with van der Waals surface area (Å²) in [7, 11) is 0. The summed E-state index contributed by atoms with van der Waals surface area (Å²) in [6, 6.07) is -0.413. The SMILES string of the molecule is C#CCC(C)NC(=O)N(CCC(=O)O)C(C)(C)C. The van der Waals surface area contributed by atoms with Crippen molar-refractivity contribution >= 4 is 12.0 Å². The number of terminal acetylenes is 1. The van der Waals surface area contributed by atoms with Gasteiger partial charge in [-0.05, 0) is 27.7 Å². The highest BCUT2D eigenvalue weighted by molar-refractivity contribution is 5.76. The molecule has 2 amide bonds. The second kappa shape index (κ2) is 6.90. The number of carboxylic acids is 1. The highest BCUT2D eigenvalue weighted by Crippen LogP contribution is 2.14. The topological polar surface area (TPSA) is 69.6 Å². The van der Waals surface area contributed by atoms with Crippen LogP contribution in [0.25, 0.3) is 0 Å². The molecule has 0 aromatic heterocycles. The Kier molecular flexibility index (Phi) is 6.24. The lowest BCUT2D eigenvalue weighted by atomic mass is 10.1. The molecule has 0 radical (unpaired) electrons. The first-order valence-electron chi connectivity index (χ1n) is 5.92. The molecule has 1 atom stereocenters. The Bertz CT molecular complexity index is 339. The number of carboxylic acid groups (broad SMARTS) is 1. The molecule has 5 nitrogen and oxygen atoms in total. The monoisotopic (exact) mass is 254 g/mol. The summed E-state index contributed by atoms with van der Waals surface area (Å²) < 4.78 is 0. The van der Waals surface area contributed by atoms with E-state index in [4.69, 9.17) is 11.5 Å². The highest BCUT2D eigenvalue weighted by Gasteiger charge is 2.27. The van der Waals surface area contributed by atoms with Crippen LogP contribution in [0.3, 0.4) is 0 Å². The van der Waals surface area contributed by atoms with Gasteiger partial charge in [-0.15, -0.1) is 12.3 Å². The lowest BCUT2D eigenvalue weighted by Crippen LogP contribution is -2.52. The van der Waals surface area contributed by atoms with Crippen molar-refractivity contribution in [3.63, 3.8) is 0 Å². The summed E-state index contributed by atoms with van der Waals surface area (Å²) in [5, 5.41) is 11.5. The number of hydrogen-bond donors (Lipinski definition) is 2. The van der Waals surface area contributed by atoms with Crippen molar-refractivity contribution in [2.24, 2.45) is 0 Å². The van der Waals surface area contributed by atoms with Crippen LogP contribution in [0.15, 0.2) is 0 Å². The molecule has 0 aromatic rings. The van der Waals surface area contributed by atoms with Gasteiger partial charge in [-0.1, -0.05) is 0 Å². The van der Waals surface area contributed by atoms with Gasteiger partial charge in [0.15, 0.2) is 0 Å². The average molecular weight is 254 g/mol. The van der Waals surface area contributed by atoms with Gasteiger partial charge >= 0.3 is 12.0 Å². The van der Waals surface area contributed by atoms with Crippen LogP contribution in [0.1, 0.15) is 40.5 Å². The first kappa shape index (κ1) is 16.3. The second-order valence-electron chi connectivity index (χ2n) is 5.22. The maximum Gasteiger partial charge on any atom is 0.318 e. The van der Waals surface area contributed by atoms with Gasteiger partial charge in [-0.3, -0.25) is 4.79 Å². The third-order valence-corrected chi connectivity index (χ3v) is 2.40. The van der Waals surface area contributed by atoms with Crippen molar-refractivity contribution in [1.29, 1.82) is 0 Å². The number of nitrogens with zero attached hydrogens (tertiary/aromatic N) is 1. The Morgan fingerprint density at radius 3 is 2.39 bits per heavy atom. The van der Waals surface area contributed by atoms with E-state index < -0.39 is 11.5 Å². The van der Waals surface area contributed by atoms with Crippen LogP contribution < -0.4 is 5.32 Å². The third kappa shape index (κ3) is 6.14. The molecular weight excluding hydrogens is 232 g/mol. The van der Waals surface area contributed by atoms with E-state index in [0.717, 1.165) is 0 Å². The summed E-state index contributed by atoms with van der Waals surface area (Å²) >= 11 is 0. The van der Waals surface area contributed by atoms with E-state index in [2.05, 4.69) is 11.2 Å². The summed E-state index contributed by atoms with van der Waals surface area (Å²) in [5.74, 6) is 1.55. The number of carbonyl (C=O) groups is 2. The molecule has 0 heterocycles. The molecule has 0 rings (SSSR count). The van der Waals surface area contributed by atoms with Crippen LogP contribution in [0.5, 0.6) is 0 Å². The fourth-order valence-electron chi connectivity index (χ4n) is 1.47. The molecule has 0 saturated heterocycles. The maximum absolute atomic E-state index is 12.0. The zero-order chi connectivity index (χ0) is 14.3. The van der Waals surface area contributed by atoms with Crippen molar-refractivity contribution in [3.8, 4) is 12.3 Å². The molecule has 18 heavy (non-hydrogen) atoms. The summed E-state index contributed by atoms with van der Waals surface area (Å²) in [6.45, 7) is 7.57. The Labute approximate surface area is 109 Å². The molecule has 0 spiro atoms. The molecule has 0 aliphatic carbocycles. The molecule has 0 aliphatic heterocycles. The highest BCUT2D eigenvalue weighted by atomic mass is 16.4. The summed E-state index contributed by atoms with van der Waals surface area (Å²) in [4.78, 5) is 24.1. The molecule has 0 aliphatic rings. The Balaban J connectivity index is 4.61. The predicted molar refractivity (Wildman–Crippen MR) is 70.2 cm³/mol. The van der Waals surface area contributed by atoms with Crippen LogP contribution in [-0.2, 0) is 4.79 Å². The Hall–Kier alpha value is -1.70. The minimum atomic E-state index is -0.922. The number of carbonyl (C=O) groups excluding carboxylic acids is 1. The number of amides is 2. The quantitative estimate of drug-likeness (QED) is 0.733. The average Bonchev–Trinajstić information content (AvgIpc) is 2.14. The van der Waals surface area contributed by atoms with Gasteiger partial charge in [-0.2, -0.15) is 0 Å². The standard InChI is InChI=1S/C13H22N2O3/c1-6-7-10(2)14-12(18)15(13(3,4)5)9-8-11(16)17/h1,10H,7-9H2,2-5H3,(H,14,18)(H,16,17). The zero-order valence-electron chi connectivity index (χ0n) is 11.5. The van der Waals surface area contributed by atoms with E-state index >= 15 is 0 Å². The minimum absolute atomic E-state index is 0.0752. The lowest BCUT2D eigenvalue weighted by molar-refractivity contribution is -0.137. The molecule has 0 bridgehead atoms. The van der Waals surface area contributed by atoms with Gasteiger partial charge in [0.2, 0.25) is 0 Å². The van der Waals surface area contributed by atoms with Crippen molar-refractivity contribution in [2.75, 3.05) is 6.54 Å². The summed E-state index contributed by atoms with van der Waals surface area (Å²) in [6.07, 6.45) is 5.54. The number of nitrogens with one attached hydrogen (secondary N) is 1. The van der Waals surface area contributed by atoms with Gasteiger partial charge in [0.1, 0.15) is 0 Å². The lowest BCUT2D eigenvalue weighted by Gasteiger charge is -2.36. The molecule has 5 heteroatoms. The fraction of sp³-hybridized carbons (Fsp3) is 0.692. The van der Waals surface area contributed by atoms with Gasteiger partial charge in [0.25, 0.3) is 0 Å². The first-order chi connectivity index (χ1) is 8.18. The van der Waals surface area contributed by atoms with E-state index in [0.29, 0.717) is 6.42 Å². The summed E-state index contributed by atoms with van der Waals surface area (Å²) in [5.41, 5.74) is -0.435. The van der Waals surface area contributed by atoms with Gasteiger partial charge in [0, 0.05) is 24.5 Å². The molecule has 0 saturated carbocycles. The Morgan fingerprint density at radius 1 is 1.44 bits per heavy atom. The molecule has 0 aromatic carbocycles. The largest absolute Gasteiger partial charge is 0.481 e. The molecule has 102 valence electrons. The number of aliphatic carboxylic acids is 1. The van der Waals surface area contributed by atoms with E-state index in [9.17, 15) is 9.59 Å². The number of rotatable bonds is 5. The second-order valence-corrected chi connectivity index (χ2v) is 5.22. The third-order valence-electron chi connectivity index (χ3n) is 2.40. The van der Waals surface area contributed by atoms with E-state index in [1.165, 1.54) is 4.90 Å². The Morgan fingerprint density at radius 2 is 2.00 bits per heavy atom. The van der Waals surface area contributed by atoms with E-state index in [1.807, 2.05) is 27.7 Å². The van der Waals surface area contributed by atoms with Crippen molar-refractivity contribution in [2.45, 2.75) is 52.1 Å². The number of hydrogen-bond acceptors (Lipinski definition) is 2. The van der Waals surface area contributed by atoms with E-state index in [-0.39, 0.29) is 25.0 Å². The normalized spacial score (nSPS) is 12.4. The molecule has 0 fully saturated rings. The van der Waals surface area contributed by atoms with Crippen LogP contribution >= 0.6 is 0 Å². The smallest absolute Gasteiger partial charge is 0.318 e. The molecule has 1 unspecified atom stereocenters. The van der Waals surface area contributed by atoms with Crippen molar-refractivity contribution in [1.82, 2.24) is 10.2 Å². The minimum Gasteiger partial charge on any atom is -0.481 e. The van der Waals surface area contributed by atoms with Gasteiger partial charge in [0.05, 0.1) is 6.42 Å².